The van der Waals surface area contributed by atoms with Crippen LogP contribution in [0.4, 0.5) is 4.39 Å². The molecular formula is C14H14FNOS. The van der Waals surface area contributed by atoms with Gasteiger partial charge in [0, 0.05) is 4.88 Å². The van der Waals surface area contributed by atoms with Crippen LogP contribution in [0.5, 0.6) is 0 Å². The van der Waals surface area contributed by atoms with Gasteiger partial charge < -0.3 is 5.32 Å². The SMILES string of the molecule is CC(NC(=O)Cc1cccs1)c1ccc(F)cc1. The van der Waals surface area contributed by atoms with Crippen molar-refractivity contribution in [1.29, 1.82) is 0 Å². The fourth-order valence-corrected chi connectivity index (χ4v) is 2.40. The molecule has 4 heteroatoms. The first kappa shape index (κ1) is 12.8. The Bertz CT molecular complexity index is 507. The number of carbonyl (C=O) groups is 1. The lowest BCUT2D eigenvalue weighted by Gasteiger charge is -2.13. The predicted octanol–water partition coefficient (Wildman–Crippen LogP) is 3.31. The molecule has 0 bridgehead atoms. The molecule has 2 nitrogen and oxygen atoms in total. The van der Waals surface area contributed by atoms with Crippen molar-refractivity contribution >= 4 is 17.2 Å². The van der Waals surface area contributed by atoms with Crippen LogP contribution in [0.15, 0.2) is 41.8 Å². The molecule has 1 atom stereocenters. The molecule has 0 aliphatic carbocycles. The van der Waals surface area contributed by atoms with Gasteiger partial charge in [0.15, 0.2) is 0 Å². The molecule has 0 radical (unpaired) electrons. The summed E-state index contributed by atoms with van der Waals surface area (Å²) in [5, 5.41) is 4.85. The summed E-state index contributed by atoms with van der Waals surface area (Å²) in [5.74, 6) is -0.287. The molecule has 1 unspecified atom stereocenters. The number of rotatable bonds is 4. The summed E-state index contributed by atoms with van der Waals surface area (Å²) < 4.78 is 12.8. The maximum absolute atomic E-state index is 12.8. The molecule has 0 fully saturated rings. The average molecular weight is 263 g/mol. The fourth-order valence-electron chi connectivity index (χ4n) is 1.70. The third-order valence-electron chi connectivity index (χ3n) is 2.66. The molecule has 18 heavy (non-hydrogen) atoms. The molecule has 1 aromatic heterocycles. The molecule has 94 valence electrons. The average Bonchev–Trinajstić information content (AvgIpc) is 2.82. The van der Waals surface area contributed by atoms with Crippen LogP contribution in [0.2, 0.25) is 0 Å². The first-order valence-electron chi connectivity index (χ1n) is 5.72. The van der Waals surface area contributed by atoms with Gasteiger partial charge >= 0.3 is 0 Å². The van der Waals surface area contributed by atoms with Crippen LogP contribution >= 0.6 is 11.3 Å². The molecular weight excluding hydrogens is 249 g/mol. The van der Waals surface area contributed by atoms with E-state index in [4.69, 9.17) is 0 Å². The van der Waals surface area contributed by atoms with Gasteiger partial charge in [-0.25, -0.2) is 4.39 Å². The first-order chi connectivity index (χ1) is 8.65. The van der Waals surface area contributed by atoms with E-state index < -0.39 is 0 Å². The number of hydrogen-bond acceptors (Lipinski definition) is 2. The summed E-state index contributed by atoms with van der Waals surface area (Å²) in [4.78, 5) is 12.8. The second-order valence-corrected chi connectivity index (χ2v) is 5.13. The molecule has 0 saturated heterocycles. The first-order valence-corrected chi connectivity index (χ1v) is 6.60. The van der Waals surface area contributed by atoms with Crippen molar-refractivity contribution in [2.45, 2.75) is 19.4 Å². The van der Waals surface area contributed by atoms with Gasteiger partial charge in [-0.2, -0.15) is 0 Å². The topological polar surface area (TPSA) is 29.1 Å². The number of hydrogen-bond donors (Lipinski definition) is 1. The highest BCUT2D eigenvalue weighted by atomic mass is 32.1. The monoisotopic (exact) mass is 263 g/mol. The van der Waals surface area contributed by atoms with Crippen LogP contribution in [0, 0.1) is 5.82 Å². The number of amides is 1. The lowest BCUT2D eigenvalue weighted by molar-refractivity contribution is -0.121. The number of thiophene rings is 1. The van der Waals surface area contributed by atoms with E-state index in [2.05, 4.69) is 5.32 Å². The molecule has 1 amide bonds. The van der Waals surface area contributed by atoms with E-state index in [-0.39, 0.29) is 17.8 Å². The van der Waals surface area contributed by atoms with Gasteiger partial charge in [-0.15, -0.1) is 11.3 Å². The van der Waals surface area contributed by atoms with Gasteiger partial charge in [-0.1, -0.05) is 18.2 Å². The Morgan fingerprint density at radius 1 is 1.33 bits per heavy atom. The Morgan fingerprint density at radius 2 is 2.06 bits per heavy atom. The van der Waals surface area contributed by atoms with E-state index in [0.717, 1.165) is 10.4 Å². The normalized spacial score (nSPS) is 12.1. The molecule has 0 saturated carbocycles. The predicted molar refractivity (Wildman–Crippen MR) is 71.0 cm³/mol. The van der Waals surface area contributed by atoms with Crippen molar-refractivity contribution in [3.05, 3.63) is 58.0 Å². The van der Waals surface area contributed by atoms with Crippen LogP contribution in [0.25, 0.3) is 0 Å². The number of benzene rings is 1. The highest BCUT2D eigenvalue weighted by Crippen LogP contribution is 2.14. The van der Waals surface area contributed by atoms with E-state index in [1.54, 1.807) is 23.5 Å². The van der Waals surface area contributed by atoms with Gasteiger partial charge in [0.2, 0.25) is 5.91 Å². The number of carbonyl (C=O) groups excluding carboxylic acids is 1. The Labute approximate surface area is 109 Å². The van der Waals surface area contributed by atoms with Crippen LogP contribution < -0.4 is 5.32 Å². The minimum atomic E-state index is -0.268. The summed E-state index contributed by atoms with van der Waals surface area (Å²) >= 11 is 1.57. The van der Waals surface area contributed by atoms with Crippen molar-refractivity contribution < 1.29 is 9.18 Å². The van der Waals surface area contributed by atoms with E-state index in [9.17, 15) is 9.18 Å². The summed E-state index contributed by atoms with van der Waals surface area (Å²) in [6.07, 6.45) is 0.392. The van der Waals surface area contributed by atoms with Gasteiger partial charge in [0.25, 0.3) is 0 Å². The number of nitrogens with one attached hydrogen (secondary N) is 1. The maximum Gasteiger partial charge on any atom is 0.225 e. The van der Waals surface area contributed by atoms with Gasteiger partial charge in [0.05, 0.1) is 12.5 Å². The molecule has 1 heterocycles. The van der Waals surface area contributed by atoms with Gasteiger partial charge in [-0.05, 0) is 36.1 Å². The van der Waals surface area contributed by atoms with Crippen molar-refractivity contribution in [3.8, 4) is 0 Å². The summed E-state index contributed by atoms with van der Waals surface area (Å²) in [6.45, 7) is 1.89. The third kappa shape index (κ3) is 3.40. The summed E-state index contributed by atoms with van der Waals surface area (Å²) in [6, 6.07) is 9.92. The summed E-state index contributed by atoms with van der Waals surface area (Å²) in [5.41, 5.74) is 0.899. The second kappa shape index (κ2) is 5.78. The quantitative estimate of drug-likeness (QED) is 0.901. The zero-order valence-corrected chi connectivity index (χ0v) is 10.8. The highest BCUT2D eigenvalue weighted by Gasteiger charge is 2.10. The standard InChI is InChI=1S/C14H14FNOS/c1-10(11-4-6-12(15)7-5-11)16-14(17)9-13-3-2-8-18-13/h2-8,10H,9H2,1H3,(H,16,17). The zero-order valence-electron chi connectivity index (χ0n) is 10.0. The largest absolute Gasteiger partial charge is 0.349 e. The molecule has 2 rings (SSSR count). The van der Waals surface area contributed by atoms with Crippen LogP contribution in [-0.2, 0) is 11.2 Å². The minimum absolute atomic E-state index is 0.0192. The van der Waals surface area contributed by atoms with Gasteiger partial charge in [-0.3, -0.25) is 4.79 Å². The smallest absolute Gasteiger partial charge is 0.225 e. The van der Waals surface area contributed by atoms with E-state index in [0.29, 0.717) is 6.42 Å². The fraction of sp³-hybridized carbons (Fsp3) is 0.214. The maximum atomic E-state index is 12.8. The second-order valence-electron chi connectivity index (χ2n) is 4.10. The van der Waals surface area contributed by atoms with Gasteiger partial charge in [0.1, 0.15) is 5.82 Å². The Hall–Kier alpha value is -1.68. The summed E-state index contributed by atoms with van der Waals surface area (Å²) in [7, 11) is 0. The molecule has 0 aliphatic rings. The van der Waals surface area contributed by atoms with Crippen LogP contribution in [0.1, 0.15) is 23.4 Å². The molecule has 1 aromatic carbocycles. The Balaban J connectivity index is 1.92. The highest BCUT2D eigenvalue weighted by molar-refractivity contribution is 7.10. The van der Waals surface area contributed by atoms with Crippen LogP contribution in [0.3, 0.4) is 0 Å². The Morgan fingerprint density at radius 3 is 2.67 bits per heavy atom. The van der Waals surface area contributed by atoms with E-state index in [1.807, 2.05) is 24.4 Å². The molecule has 0 spiro atoms. The Kier molecular flexibility index (Phi) is 4.10. The van der Waals surface area contributed by atoms with Crippen molar-refractivity contribution in [1.82, 2.24) is 5.32 Å². The van der Waals surface area contributed by atoms with E-state index in [1.165, 1.54) is 12.1 Å². The van der Waals surface area contributed by atoms with Crippen molar-refractivity contribution in [3.63, 3.8) is 0 Å². The number of halogens is 1. The zero-order chi connectivity index (χ0) is 13.0. The van der Waals surface area contributed by atoms with E-state index >= 15 is 0 Å². The van der Waals surface area contributed by atoms with Crippen molar-refractivity contribution in [2.24, 2.45) is 0 Å². The van der Waals surface area contributed by atoms with Crippen LogP contribution in [-0.4, -0.2) is 5.91 Å². The molecule has 0 aliphatic heterocycles. The lowest BCUT2D eigenvalue weighted by Crippen LogP contribution is -2.27. The third-order valence-corrected chi connectivity index (χ3v) is 3.54. The van der Waals surface area contributed by atoms with Crippen molar-refractivity contribution in [2.75, 3.05) is 0 Å². The molecule has 1 N–H and O–H groups in total. The minimum Gasteiger partial charge on any atom is -0.349 e. The lowest BCUT2D eigenvalue weighted by atomic mass is 10.1. The molecule has 2 aromatic rings.